The molecule has 1 atom stereocenters. The maximum atomic E-state index is 12.8. The Morgan fingerprint density at radius 1 is 1.00 bits per heavy atom. The first kappa shape index (κ1) is 14.6. The second-order valence-corrected chi connectivity index (χ2v) is 7.02. The molecule has 0 radical (unpaired) electrons. The minimum absolute atomic E-state index is 0.00190. The van der Waals surface area contributed by atoms with Crippen LogP contribution in [0.15, 0.2) is 18.2 Å². The predicted molar refractivity (Wildman–Crippen MR) is 85.2 cm³/mol. The summed E-state index contributed by atoms with van der Waals surface area (Å²) in [7, 11) is 0. The summed E-state index contributed by atoms with van der Waals surface area (Å²) >= 11 is 0. The van der Waals surface area contributed by atoms with Crippen molar-refractivity contribution in [3.05, 3.63) is 34.9 Å². The molecule has 1 aliphatic heterocycles. The number of rotatable bonds is 2. The molecule has 4 heteroatoms. The number of Topliss-reactive ketones (excluding diaryl/α,β-unsaturated/α-hetero) is 2. The highest BCUT2D eigenvalue weighted by Crippen LogP contribution is 2.40. The fourth-order valence-electron chi connectivity index (χ4n) is 4.44. The number of carbonyl (C=O) groups is 3. The first-order chi connectivity index (χ1) is 11.1. The highest BCUT2D eigenvalue weighted by molar-refractivity contribution is 6.07. The first-order valence-electron chi connectivity index (χ1n) is 8.62. The van der Waals surface area contributed by atoms with Crippen LogP contribution in [0.2, 0.25) is 0 Å². The molecule has 0 N–H and O–H groups in total. The highest BCUT2D eigenvalue weighted by atomic mass is 16.2. The number of ketones is 2. The first-order valence-corrected chi connectivity index (χ1v) is 8.62. The third-order valence-corrected chi connectivity index (χ3v) is 5.64. The van der Waals surface area contributed by atoms with E-state index in [1.54, 1.807) is 4.90 Å². The quantitative estimate of drug-likeness (QED) is 0.789. The standard InChI is InChI=1S/C19H21NO3/c21-13-8-9-17(18(22)10-13)20-11-16-14(12-4-1-2-5-12)6-3-7-15(16)19(20)23/h3,6-7,12,17H,1-2,4-5,8-11H2. The summed E-state index contributed by atoms with van der Waals surface area (Å²) < 4.78 is 0. The van der Waals surface area contributed by atoms with Crippen LogP contribution in [0.4, 0.5) is 0 Å². The minimum atomic E-state index is -0.413. The van der Waals surface area contributed by atoms with Crippen LogP contribution in [-0.2, 0) is 16.1 Å². The molecule has 0 bridgehead atoms. The fourth-order valence-corrected chi connectivity index (χ4v) is 4.44. The molecule has 3 aliphatic rings. The average molecular weight is 311 g/mol. The molecule has 1 amide bonds. The van der Waals surface area contributed by atoms with Crippen molar-refractivity contribution < 1.29 is 14.4 Å². The zero-order valence-corrected chi connectivity index (χ0v) is 13.2. The molecule has 23 heavy (non-hydrogen) atoms. The number of amides is 1. The van der Waals surface area contributed by atoms with Gasteiger partial charge in [0.05, 0.1) is 12.5 Å². The van der Waals surface area contributed by atoms with E-state index in [4.69, 9.17) is 0 Å². The molecule has 2 saturated carbocycles. The molecule has 1 aromatic rings. The van der Waals surface area contributed by atoms with E-state index >= 15 is 0 Å². The molecule has 0 saturated heterocycles. The predicted octanol–water partition coefficient (Wildman–Crippen LogP) is 2.99. The van der Waals surface area contributed by atoms with Crippen LogP contribution in [0.25, 0.3) is 0 Å². The second-order valence-electron chi connectivity index (χ2n) is 7.02. The molecule has 120 valence electrons. The number of fused-ring (bicyclic) bond motifs is 1. The van der Waals surface area contributed by atoms with Gasteiger partial charge in [0.2, 0.25) is 0 Å². The Bertz CT molecular complexity index is 688. The highest BCUT2D eigenvalue weighted by Gasteiger charge is 2.40. The van der Waals surface area contributed by atoms with E-state index in [1.165, 1.54) is 31.2 Å². The zero-order chi connectivity index (χ0) is 16.0. The van der Waals surface area contributed by atoms with Crippen molar-refractivity contribution in [3.63, 3.8) is 0 Å². The fraction of sp³-hybridized carbons (Fsp3) is 0.526. The molecule has 2 aliphatic carbocycles. The number of hydrogen-bond donors (Lipinski definition) is 0. The molecular formula is C19H21NO3. The van der Waals surface area contributed by atoms with Gasteiger partial charge in [-0.1, -0.05) is 25.0 Å². The summed E-state index contributed by atoms with van der Waals surface area (Å²) in [5.41, 5.74) is 3.18. The lowest BCUT2D eigenvalue weighted by molar-refractivity contribution is -0.133. The van der Waals surface area contributed by atoms with Gasteiger partial charge >= 0.3 is 0 Å². The van der Waals surface area contributed by atoms with Crippen LogP contribution in [0, 0.1) is 0 Å². The summed E-state index contributed by atoms with van der Waals surface area (Å²) in [5, 5.41) is 0. The summed E-state index contributed by atoms with van der Waals surface area (Å²) in [4.78, 5) is 38.1. The monoisotopic (exact) mass is 311 g/mol. The van der Waals surface area contributed by atoms with Gasteiger partial charge in [-0.25, -0.2) is 0 Å². The van der Waals surface area contributed by atoms with E-state index in [9.17, 15) is 14.4 Å². The zero-order valence-electron chi connectivity index (χ0n) is 13.2. The van der Waals surface area contributed by atoms with Crippen molar-refractivity contribution in [3.8, 4) is 0 Å². The van der Waals surface area contributed by atoms with Crippen molar-refractivity contribution >= 4 is 17.5 Å². The van der Waals surface area contributed by atoms with Crippen molar-refractivity contribution in [1.29, 1.82) is 0 Å². The van der Waals surface area contributed by atoms with Crippen molar-refractivity contribution in [2.75, 3.05) is 0 Å². The number of hydrogen-bond acceptors (Lipinski definition) is 3. The van der Waals surface area contributed by atoms with Crippen LogP contribution in [0.3, 0.4) is 0 Å². The summed E-state index contributed by atoms with van der Waals surface area (Å²) in [6.45, 7) is 0.533. The van der Waals surface area contributed by atoms with Gasteiger partial charge in [-0.3, -0.25) is 14.4 Å². The van der Waals surface area contributed by atoms with Gasteiger partial charge in [0.25, 0.3) is 5.91 Å². The van der Waals surface area contributed by atoms with Gasteiger partial charge in [0, 0.05) is 18.5 Å². The lowest BCUT2D eigenvalue weighted by Gasteiger charge is -2.29. The van der Waals surface area contributed by atoms with E-state index in [-0.39, 0.29) is 23.9 Å². The Morgan fingerprint density at radius 2 is 1.78 bits per heavy atom. The van der Waals surface area contributed by atoms with E-state index in [0.717, 1.165) is 11.1 Å². The normalized spacial score (nSPS) is 25.3. The summed E-state index contributed by atoms with van der Waals surface area (Å²) in [5.74, 6) is 0.431. The maximum absolute atomic E-state index is 12.8. The average Bonchev–Trinajstić information content (AvgIpc) is 3.16. The number of benzene rings is 1. The molecule has 1 heterocycles. The van der Waals surface area contributed by atoms with Crippen LogP contribution in [-0.4, -0.2) is 28.4 Å². The summed E-state index contributed by atoms with van der Waals surface area (Å²) in [6.07, 6.45) is 5.79. The van der Waals surface area contributed by atoms with Crippen LogP contribution < -0.4 is 0 Å². The minimum Gasteiger partial charge on any atom is -0.324 e. The Morgan fingerprint density at radius 3 is 2.52 bits per heavy atom. The third kappa shape index (κ3) is 2.41. The molecular weight excluding hydrogens is 290 g/mol. The van der Waals surface area contributed by atoms with Gasteiger partial charge in [-0.2, -0.15) is 0 Å². The van der Waals surface area contributed by atoms with Crippen LogP contribution in [0.1, 0.15) is 72.3 Å². The Labute approximate surface area is 135 Å². The molecule has 4 nitrogen and oxygen atoms in total. The molecule has 0 aromatic heterocycles. The number of carbonyl (C=O) groups excluding carboxylic acids is 3. The SMILES string of the molecule is O=C1CCC(N2Cc3c(cccc3C3CCCC3)C2=O)C(=O)C1. The van der Waals surface area contributed by atoms with Gasteiger partial charge in [-0.15, -0.1) is 0 Å². The van der Waals surface area contributed by atoms with Gasteiger partial charge in [0.1, 0.15) is 5.78 Å². The van der Waals surface area contributed by atoms with Gasteiger partial charge in [-0.05, 0) is 42.4 Å². The second kappa shape index (κ2) is 5.59. The third-order valence-electron chi connectivity index (χ3n) is 5.64. The topological polar surface area (TPSA) is 54.5 Å². The largest absolute Gasteiger partial charge is 0.324 e. The van der Waals surface area contributed by atoms with E-state index < -0.39 is 6.04 Å². The Kier molecular flexibility index (Phi) is 3.55. The van der Waals surface area contributed by atoms with Crippen molar-refractivity contribution in [2.45, 2.75) is 63.5 Å². The van der Waals surface area contributed by atoms with E-state index in [0.29, 0.717) is 25.3 Å². The van der Waals surface area contributed by atoms with Crippen molar-refractivity contribution in [2.24, 2.45) is 0 Å². The molecule has 0 spiro atoms. The molecule has 2 fully saturated rings. The smallest absolute Gasteiger partial charge is 0.255 e. The summed E-state index contributed by atoms with van der Waals surface area (Å²) in [6, 6.07) is 5.59. The Hall–Kier alpha value is -1.97. The lowest BCUT2D eigenvalue weighted by Crippen LogP contribution is -2.44. The molecule has 1 aromatic carbocycles. The maximum Gasteiger partial charge on any atom is 0.255 e. The van der Waals surface area contributed by atoms with E-state index in [1.807, 2.05) is 12.1 Å². The molecule has 1 unspecified atom stereocenters. The van der Waals surface area contributed by atoms with Crippen LogP contribution in [0.5, 0.6) is 0 Å². The van der Waals surface area contributed by atoms with Crippen molar-refractivity contribution in [1.82, 2.24) is 4.90 Å². The van der Waals surface area contributed by atoms with Gasteiger partial charge < -0.3 is 4.90 Å². The number of nitrogens with zero attached hydrogens (tertiary/aromatic N) is 1. The van der Waals surface area contributed by atoms with E-state index in [2.05, 4.69) is 6.07 Å². The van der Waals surface area contributed by atoms with Gasteiger partial charge in [0.15, 0.2) is 5.78 Å². The molecule has 4 rings (SSSR count). The lowest BCUT2D eigenvalue weighted by atomic mass is 9.91. The van der Waals surface area contributed by atoms with Crippen LogP contribution >= 0.6 is 0 Å². The Balaban J connectivity index is 1.64.